The number of thioether (sulfide) groups is 1. The smallest absolute Gasteiger partial charge is 0.241 e. The molecule has 2 fully saturated rings. The lowest BCUT2D eigenvalue weighted by Gasteiger charge is -2.65. The largest absolute Gasteiger partial charge is 0.377 e. The van der Waals surface area contributed by atoms with Gasteiger partial charge >= 0.3 is 0 Å². The van der Waals surface area contributed by atoms with Crippen molar-refractivity contribution in [2.24, 2.45) is 17.1 Å². The summed E-state index contributed by atoms with van der Waals surface area (Å²) in [4.78, 5) is 12.6. The van der Waals surface area contributed by atoms with E-state index < -0.39 is 5.54 Å². The monoisotopic (exact) mass is 314 g/mol. The van der Waals surface area contributed by atoms with Crippen LogP contribution in [-0.2, 0) is 9.53 Å². The van der Waals surface area contributed by atoms with Crippen molar-refractivity contribution in [3.63, 3.8) is 0 Å². The third-order valence-corrected chi connectivity index (χ3v) is 6.07. The van der Waals surface area contributed by atoms with Crippen molar-refractivity contribution in [3.8, 4) is 0 Å². The predicted octanol–water partition coefficient (Wildman–Crippen LogP) is 2.17. The number of ether oxygens (including phenoxy) is 1. The lowest BCUT2D eigenvalue weighted by molar-refractivity contribution is -0.225. The Morgan fingerprint density at radius 1 is 1.38 bits per heavy atom. The zero-order valence-corrected chi connectivity index (χ0v) is 14.4. The van der Waals surface area contributed by atoms with E-state index >= 15 is 0 Å². The summed E-state index contributed by atoms with van der Waals surface area (Å²) < 4.78 is 5.85. The minimum Gasteiger partial charge on any atom is -0.377 e. The molecule has 0 radical (unpaired) electrons. The van der Waals surface area contributed by atoms with Crippen LogP contribution in [0.1, 0.15) is 46.0 Å². The number of hydrogen-bond acceptors (Lipinski definition) is 4. The molecule has 122 valence electrons. The Balaban J connectivity index is 1.83. The quantitative estimate of drug-likeness (QED) is 0.707. The molecule has 21 heavy (non-hydrogen) atoms. The standard InChI is InChI=1S/C16H30N2O2S/c1-15(2)13-12(8-7-10-20-13)16(15,17)14(19)18-9-5-4-6-11-21-3/h12-13H,4-11,17H2,1-3H3,(H,18,19). The molecule has 0 bridgehead atoms. The van der Waals surface area contributed by atoms with Crippen molar-refractivity contribution in [3.05, 3.63) is 0 Å². The van der Waals surface area contributed by atoms with Gasteiger partial charge in [0.15, 0.2) is 0 Å². The van der Waals surface area contributed by atoms with E-state index in [9.17, 15) is 4.79 Å². The van der Waals surface area contributed by atoms with Gasteiger partial charge in [0.2, 0.25) is 5.91 Å². The van der Waals surface area contributed by atoms with E-state index in [1.165, 1.54) is 12.2 Å². The number of hydrogen-bond donors (Lipinski definition) is 2. The van der Waals surface area contributed by atoms with Crippen LogP contribution in [0.15, 0.2) is 0 Å². The fraction of sp³-hybridized carbons (Fsp3) is 0.938. The highest BCUT2D eigenvalue weighted by Gasteiger charge is 2.70. The molecule has 3 unspecified atom stereocenters. The third kappa shape index (κ3) is 2.97. The van der Waals surface area contributed by atoms with Gasteiger partial charge in [-0.1, -0.05) is 20.3 Å². The number of unbranched alkanes of at least 4 members (excludes halogenated alkanes) is 2. The van der Waals surface area contributed by atoms with Gasteiger partial charge in [0.05, 0.1) is 6.10 Å². The highest BCUT2D eigenvalue weighted by Crippen LogP contribution is 2.57. The van der Waals surface area contributed by atoms with Crippen molar-refractivity contribution < 1.29 is 9.53 Å². The Hall–Kier alpha value is -0.260. The van der Waals surface area contributed by atoms with Crippen LogP contribution < -0.4 is 11.1 Å². The number of carbonyl (C=O) groups is 1. The maximum absolute atomic E-state index is 12.6. The van der Waals surface area contributed by atoms with Crippen molar-refractivity contribution >= 4 is 17.7 Å². The molecule has 2 aliphatic rings. The molecule has 1 aliphatic heterocycles. The van der Waals surface area contributed by atoms with Crippen LogP contribution in [0.2, 0.25) is 0 Å². The minimum atomic E-state index is -0.767. The van der Waals surface area contributed by atoms with Gasteiger partial charge in [-0.25, -0.2) is 0 Å². The molecule has 3 N–H and O–H groups in total. The molecule has 0 aromatic heterocycles. The predicted molar refractivity (Wildman–Crippen MR) is 88.4 cm³/mol. The van der Waals surface area contributed by atoms with Gasteiger partial charge in [-0.05, 0) is 37.7 Å². The lowest BCUT2D eigenvalue weighted by Crippen LogP contribution is -2.82. The van der Waals surface area contributed by atoms with Gasteiger partial charge in [0, 0.05) is 24.5 Å². The van der Waals surface area contributed by atoms with Crippen LogP contribution in [0.4, 0.5) is 0 Å². The van der Waals surface area contributed by atoms with Crippen LogP contribution in [0, 0.1) is 11.3 Å². The van der Waals surface area contributed by atoms with E-state index in [0.29, 0.717) is 0 Å². The van der Waals surface area contributed by atoms with Crippen LogP contribution in [0.3, 0.4) is 0 Å². The van der Waals surface area contributed by atoms with E-state index in [1.807, 2.05) is 11.8 Å². The molecule has 2 rings (SSSR count). The Morgan fingerprint density at radius 2 is 2.14 bits per heavy atom. The summed E-state index contributed by atoms with van der Waals surface area (Å²) in [6.07, 6.45) is 7.70. The summed E-state index contributed by atoms with van der Waals surface area (Å²) in [5.74, 6) is 1.39. The van der Waals surface area contributed by atoms with E-state index in [-0.39, 0.29) is 23.3 Å². The van der Waals surface area contributed by atoms with Gasteiger partial charge in [0.1, 0.15) is 5.54 Å². The summed E-state index contributed by atoms with van der Waals surface area (Å²) in [6, 6.07) is 0. The van der Waals surface area contributed by atoms with E-state index in [0.717, 1.165) is 38.8 Å². The van der Waals surface area contributed by atoms with Crippen molar-refractivity contribution in [2.45, 2.75) is 57.6 Å². The minimum absolute atomic E-state index is 0.0177. The van der Waals surface area contributed by atoms with E-state index in [2.05, 4.69) is 25.4 Å². The summed E-state index contributed by atoms with van der Waals surface area (Å²) in [5, 5.41) is 3.06. The first kappa shape index (κ1) is 17.1. The van der Waals surface area contributed by atoms with Gasteiger partial charge in [0.25, 0.3) is 0 Å². The van der Waals surface area contributed by atoms with Crippen LogP contribution in [-0.4, -0.2) is 42.7 Å². The fourth-order valence-corrected chi connectivity index (χ4v) is 4.43. The molecule has 1 heterocycles. The molecule has 3 atom stereocenters. The Morgan fingerprint density at radius 3 is 2.86 bits per heavy atom. The molecule has 1 amide bonds. The number of nitrogens with two attached hydrogens (primary N) is 1. The number of nitrogens with one attached hydrogen (secondary N) is 1. The third-order valence-electron chi connectivity index (χ3n) is 5.37. The zero-order chi connectivity index (χ0) is 15.5. The average molecular weight is 314 g/mol. The molecule has 0 aromatic carbocycles. The normalized spacial score (nSPS) is 33.9. The topological polar surface area (TPSA) is 64.4 Å². The van der Waals surface area contributed by atoms with Crippen molar-refractivity contribution in [2.75, 3.05) is 25.2 Å². The highest BCUT2D eigenvalue weighted by molar-refractivity contribution is 7.98. The Kier molecular flexibility index (Phi) is 5.60. The Labute approximate surface area is 132 Å². The molecule has 4 nitrogen and oxygen atoms in total. The van der Waals surface area contributed by atoms with Gasteiger partial charge < -0.3 is 15.8 Å². The van der Waals surface area contributed by atoms with Gasteiger partial charge in [-0.2, -0.15) is 11.8 Å². The first-order valence-corrected chi connectivity index (χ1v) is 9.53. The van der Waals surface area contributed by atoms with Crippen LogP contribution >= 0.6 is 11.8 Å². The molecule has 0 spiro atoms. The highest BCUT2D eigenvalue weighted by atomic mass is 32.2. The average Bonchev–Trinajstić information content (AvgIpc) is 2.49. The molecular weight excluding hydrogens is 284 g/mol. The second kappa shape index (κ2) is 6.88. The molecular formula is C16H30N2O2S. The van der Waals surface area contributed by atoms with E-state index in [4.69, 9.17) is 10.5 Å². The first-order chi connectivity index (χ1) is 9.96. The van der Waals surface area contributed by atoms with Crippen molar-refractivity contribution in [1.29, 1.82) is 0 Å². The van der Waals surface area contributed by atoms with Crippen LogP contribution in [0.5, 0.6) is 0 Å². The number of fused-ring (bicyclic) bond motifs is 1. The maximum Gasteiger partial charge on any atom is 0.241 e. The lowest BCUT2D eigenvalue weighted by atomic mass is 9.46. The van der Waals surface area contributed by atoms with Crippen molar-refractivity contribution in [1.82, 2.24) is 5.32 Å². The van der Waals surface area contributed by atoms with Gasteiger partial charge in [-0.15, -0.1) is 0 Å². The van der Waals surface area contributed by atoms with Crippen LogP contribution in [0.25, 0.3) is 0 Å². The summed E-state index contributed by atoms with van der Waals surface area (Å²) in [6.45, 7) is 5.67. The van der Waals surface area contributed by atoms with Gasteiger partial charge in [-0.3, -0.25) is 4.79 Å². The SMILES string of the molecule is CSCCCCCNC(=O)C1(N)C2CCCOC2C1(C)C. The number of carbonyl (C=O) groups excluding carboxylic acids is 1. The molecule has 1 aliphatic carbocycles. The Bertz CT molecular complexity index is 375. The van der Waals surface area contributed by atoms with E-state index in [1.54, 1.807) is 0 Å². The summed E-state index contributed by atoms with van der Waals surface area (Å²) >= 11 is 1.87. The second-order valence-electron chi connectivity index (χ2n) is 6.94. The molecule has 0 aromatic rings. The maximum atomic E-state index is 12.6. The second-order valence-corrected chi connectivity index (χ2v) is 7.93. The summed E-state index contributed by atoms with van der Waals surface area (Å²) in [7, 11) is 0. The molecule has 1 saturated heterocycles. The number of rotatable bonds is 7. The zero-order valence-electron chi connectivity index (χ0n) is 13.6. The molecule has 1 saturated carbocycles. The fourth-order valence-electron chi connectivity index (χ4n) is 3.93. The summed E-state index contributed by atoms with van der Waals surface area (Å²) in [5.41, 5.74) is 5.50. The number of amides is 1. The first-order valence-electron chi connectivity index (χ1n) is 8.14. The molecule has 5 heteroatoms.